The van der Waals surface area contributed by atoms with Crippen molar-refractivity contribution in [2.45, 2.75) is 64.5 Å². The molecule has 116 valence electrons. The standard InChI is InChI=1S/C16H31N3O/c1-3-13-6-5-7-14(9-8-13)19-11-10-17-12-15(19)16(20)18-4-2/h13-15,17H,3-12H2,1-2H3,(H,18,20). The highest BCUT2D eigenvalue weighted by atomic mass is 16.2. The number of likely N-dealkylation sites (N-methyl/N-ethyl adjacent to an activating group) is 1. The lowest BCUT2D eigenvalue weighted by Gasteiger charge is -2.40. The number of carbonyl (C=O) groups excluding carboxylic acids is 1. The second kappa shape index (κ2) is 7.99. The first-order chi connectivity index (χ1) is 9.76. The van der Waals surface area contributed by atoms with Crippen molar-refractivity contribution >= 4 is 5.91 Å². The molecule has 0 bridgehead atoms. The molecule has 0 aromatic rings. The number of amides is 1. The van der Waals surface area contributed by atoms with E-state index >= 15 is 0 Å². The Hall–Kier alpha value is -0.610. The van der Waals surface area contributed by atoms with Crippen molar-refractivity contribution < 1.29 is 4.79 Å². The van der Waals surface area contributed by atoms with Gasteiger partial charge in [-0.2, -0.15) is 0 Å². The van der Waals surface area contributed by atoms with Gasteiger partial charge in [-0.1, -0.05) is 26.2 Å². The van der Waals surface area contributed by atoms with Gasteiger partial charge in [-0.05, 0) is 32.1 Å². The average Bonchev–Trinajstić information content (AvgIpc) is 2.73. The number of hydrogen-bond donors (Lipinski definition) is 2. The van der Waals surface area contributed by atoms with E-state index in [9.17, 15) is 4.79 Å². The number of nitrogens with zero attached hydrogens (tertiary/aromatic N) is 1. The van der Waals surface area contributed by atoms with E-state index in [0.717, 1.165) is 32.1 Å². The molecule has 2 rings (SSSR count). The second-order valence-electron chi connectivity index (χ2n) is 6.29. The first kappa shape index (κ1) is 15.8. The highest BCUT2D eigenvalue weighted by Crippen LogP contribution is 2.29. The van der Waals surface area contributed by atoms with Crippen molar-refractivity contribution in [2.75, 3.05) is 26.2 Å². The first-order valence-corrected chi connectivity index (χ1v) is 8.50. The van der Waals surface area contributed by atoms with Gasteiger partial charge in [0, 0.05) is 32.2 Å². The van der Waals surface area contributed by atoms with E-state index in [2.05, 4.69) is 22.5 Å². The van der Waals surface area contributed by atoms with Crippen LogP contribution < -0.4 is 10.6 Å². The first-order valence-electron chi connectivity index (χ1n) is 8.50. The molecule has 2 aliphatic rings. The zero-order valence-corrected chi connectivity index (χ0v) is 13.2. The smallest absolute Gasteiger partial charge is 0.238 e. The highest BCUT2D eigenvalue weighted by molar-refractivity contribution is 5.82. The molecule has 1 aliphatic carbocycles. The average molecular weight is 281 g/mol. The predicted molar refractivity (Wildman–Crippen MR) is 82.7 cm³/mol. The third-order valence-electron chi connectivity index (χ3n) is 5.04. The van der Waals surface area contributed by atoms with E-state index in [-0.39, 0.29) is 11.9 Å². The van der Waals surface area contributed by atoms with E-state index in [1.54, 1.807) is 0 Å². The lowest BCUT2D eigenvalue weighted by atomic mass is 9.97. The summed E-state index contributed by atoms with van der Waals surface area (Å²) in [5.74, 6) is 1.11. The minimum absolute atomic E-state index is 0.0341. The molecule has 1 saturated heterocycles. The van der Waals surface area contributed by atoms with Gasteiger partial charge in [-0.15, -0.1) is 0 Å². The topological polar surface area (TPSA) is 44.4 Å². The lowest BCUT2D eigenvalue weighted by Crippen LogP contribution is -2.60. The van der Waals surface area contributed by atoms with Gasteiger partial charge in [0.1, 0.15) is 6.04 Å². The molecule has 20 heavy (non-hydrogen) atoms. The van der Waals surface area contributed by atoms with Crippen LogP contribution in [0.3, 0.4) is 0 Å². The molecule has 1 heterocycles. The van der Waals surface area contributed by atoms with Crippen molar-refractivity contribution in [2.24, 2.45) is 5.92 Å². The molecule has 2 fully saturated rings. The normalized spacial score (nSPS) is 32.6. The summed E-state index contributed by atoms with van der Waals surface area (Å²) in [6.07, 6.45) is 7.90. The zero-order chi connectivity index (χ0) is 14.4. The van der Waals surface area contributed by atoms with Crippen LogP contribution in [-0.4, -0.2) is 49.1 Å². The quantitative estimate of drug-likeness (QED) is 0.772. The minimum atomic E-state index is 0.0341. The van der Waals surface area contributed by atoms with Crippen LogP contribution in [0.15, 0.2) is 0 Å². The molecule has 1 saturated carbocycles. The third kappa shape index (κ3) is 3.95. The molecule has 1 aliphatic heterocycles. The molecule has 4 heteroatoms. The maximum Gasteiger partial charge on any atom is 0.238 e. The van der Waals surface area contributed by atoms with E-state index in [1.165, 1.54) is 38.5 Å². The Balaban J connectivity index is 1.98. The Morgan fingerprint density at radius 2 is 2.10 bits per heavy atom. The summed E-state index contributed by atoms with van der Waals surface area (Å²) in [6, 6.07) is 0.646. The predicted octanol–water partition coefficient (Wildman–Crippen LogP) is 1.76. The molecular weight excluding hydrogens is 250 g/mol. The van der Waals surface area contributed by atoms with Gasteiger partial charge in [0.2, 0.25) is 5.91 Å². The molecular formula is C16H31N3O. The summed E-state index contributed by atoms with van der Waals surface area (Å²) in [7, 11) is 0. The Morgan fingerprint density at radius 1 is 1.25 bits per heavy atom. The van der Waals surface area contributed by atoms with Gasteiger partial charge in [0.25, 0.3) is 0 Å². The molecule has 4 nitrogen and oxygen atoms in total. The summed E-state index contributed by atoms with van der Waals surface area (Å²) in [5.41, 5.74) is 0. The van der Waals surface area contributed by atoms with Crippen molar-refractivity contribution in [3.05, 3.63) is 0 Å². The van der Waals surface area contributed by atoms with Gasteiger partial charge in [-0.3, -0.25) is 9.69 Å². The van der Waals surface area contributed by atoms with Crippen LogP contribution in [0.5, 0.6) is 0 Å². The number of piperazine rings is 1. The van der Waals surface area contributed by atoms with Gasteiger partial charge in [0.15, 0.2) is 0 Å². The van der Waals surface area contributed by atoms with E-state index in [0.29, 0.717) is 6.04 Å². The molecule has 0 aromatic heterocycles. The minimum Gasteiger partial charge on any atom is -0.355 e. The van der Waals surface area contributed by atoms with Gasteiger partial charge in [0.05, 0.1) is 0 Å². The van der Waals surface area contributed by atoms with Gasteiger partial charge < -0.3 is 10.6 Å². The summed E-state index contributed by atoms with van der Waals surface area (Å²) >= 11 is 0. The maximum atomic E-state index is 12.3. The molecule has 3 unspecified atom stereocenters. The summed E-state index contributed by atoms with van der Waals surface area (Å²) < 4.78 is 0. The van der Waals surface area contributed by atoms with Crippen LogP contribution in [0.25, 0.3) is 0 Å². The Bertz CT molecular complexity index is 308. The van der Waals surface area contributed by atoms with Gasteiger partial charge >= 0.3 is 0 Å². The SMILES string of the molecule is CCNC(=O)C1CNCCN1C1CCCC(CC)CC1. The number of hydrogen-bond acceptors (Lipinski definition) is 3. The lowest BCUT2D eigenvalue weighted by molar-refractivity contribution is -0.128. The second-order valence-corrected chi connectivity index (χ2v) is 6.29. The Morgan fingerprint density at radius 3 is 2.85 bits per heavy atom. The number of carbonyl (C=O) groups is 1. The maximum absolute atomic E-state index is 12.3. The van der Waals surface area contributed by atoms with Crippen LogP contribution in [-0.2, 0) is 4.79 Å². The molecule has 0 radical (unpaired) electrons. The molecule has 1 amide bonds. The van der Waals surface area contributed by atoms with E-state index < -0.39 is 0 Å². The van der Waals surface area contributed by atoms with Crippen LogP contribution in [0.1, 0.15) is 52.4 Å². The fourth-order valence-corrected chi connectivity index (χ4v) is 3.79. The van der Waals surface area contributed by atoms with E-state index in [1.807, 2.05) is 6.92 Å². The van der Waals surface area contributed by atoms with Crippen LogP contribution in [0.4, 0.5) is 0 Å². The largest absolute Gasteiger partial charge is 0.355 e. The Kier molecular flexibility index (Phi) is 6.30. The molecule has 0 spiro atoms. The Labute approximate surface area is 123 Å². The van der Waals surface area contributed by atoms with Crippen molar-refractivity contribution in [1.29, 1.82) is 0 Å². The molecule has 3 atom stereocenters. The molecule has 0 aromatic carbocycles. The van der Waals surface area contributed by atoms with Crippen molar-refractivity contribution in [3.8, 4) is 0 Å². The summed E-state index contributed by atoms with van der Waals surface area (Å²) in [5, 5.41) is 6.38. The van der Waals surface area contributed by atoms with Gasteiger partial charge in [-0.25, -0.2) is 0 Å². The number of nitrogens with one attached hydrogen (secondary N) is 2. The highest BCUT2D eigenvalue weighted by Gasteiger charge is 2.34. The molecule has 2 N–H and O–H groups in total. The van der Waals surface area contributed by atoms with Crippen LogP contribution >= 0.6 is 0 Å². The third-order valence-corrected chi connectivity index (χ3v) is 5.04. The zero-order valence-electron chi connectivity index (χ0n) is 13.2. The summed E-state index contributed by atoms with van der Waals surface area (Å²) in [6.45, 7) is 7.88. The fourth-order valence-electron chi connectivity index (χ4n) is 3.79. The summed E-state index contributed by atoms with van der Waals surface area (Å²) in [4.78, 5) is 14.8. The van der Waals surface area contributed by atoms with Crippen molar-refractivity contribution in [3.63, 3.8) is 0 Å². The number of rotatable bonds is 4. The fraction of sp³-hybridized carbons (Fsp3) is 0.938. The van der Waals surface area contributed by atoms with Crippen molar-refractivity contribution in [1.82, 2.24) is 15.5 Å². The van der Waals surface area contributed by atoms with Crippen LogP contribution in [0, 0.1) is 5.92 Å². The van der Waals surface area contributed by atoms with Crippen LogP contribution in [0.2, 0.25) is 0 Å². The van der Waals surface area contributed by atoms with E-state index in [4.69, 9.17) is 0 Å². The monoisotopic (exact) mass is 281 g/mol.